The number of allylic oxidation sites excluding steroid dienone is 2. The first-order chi connectivity index (χ1) is 20.5. The van der Waals surface area contributed by atoms with Gasteiger partial charge >= 0.3 is 0 Å². The molecule has 0 aliphatic heterocycles. The highest BCUT2D eigenvalue weighted by Crippen LogP contribution is 2.47. The summed E-state index contributed by atoms with van der Waals surface area (Å²) < 4.78 is 0. The van der Waals surface area contributed by atoms with Crippen LogP contribution in [0.15, 0.2) is 48.0 Å². The van der Waals surface area contributed by atoms with Gasteiger partial charge in [0.1, 0.15) is 0 Å². The molecule has 2 aromatic carbocycles. The van der Waals surface area contributed by atoms with Gasteiger partial charge in [-0.2, -0.15) is 0 Å². The molecule has 7 heteroatoms. The number of hydrogen-bond donors (Lipinski definition) is 2. The molecule has 3 aliphatic carbocycles. The van der Waals surface area contributed by atoms with Crippen molar-refractivity contribution in [2.45, 2.75) is 83.5 Å². The third kappa shape index (κ3) is 6.34. The number of rotatable bonds is 9. The minimum atomic E-state index is 0. The number of aromatic nitrogens is 2. The molecule has 2 aromatic heterocycles. The second-order valence-electron chi connectivity index (χ2n) is 12.7. The lowest BCUT2D eigenvalue weighted by atomic mass is 9.71. The molecular formula is C36H41Cl3N4. The van der Waals surface area contributed by atoms with Crippen molar-refractivity contribution in [3.63, 3.8) is 0 Å². The Hall–Kier alpha value is -2.53. The Morgan fingerprint density at radius 2 is 1.40 bits per heavy atom. The van der Waals surface area contributed by atoms with Crippen molar-refractivity contribution >= 4 is 68.8 Å². The number of pyridine rings is 2. The zero-order valence-corrected chi connectivity index (χ0v) is 27.3. The van der Waals surface area contributed by atoms with Crippen molar-refractivity contribution in [3.05, 3.63) is 80.6 Å². The van der Waals surface area contributed by atoms with Gasteiger partial charge in [-0.05, 0) is 119 Å². The van der Waals surface area contributed by atoms with Crippen LogP contribution < -0.4 is 10.6 Å². The van der Waals surface area contributed by atoms with Crippen LogP contribution in [-0.2, 0) is 19.3 Å². The van der Waals surface area contributed by atoms with E-state index in [2.05, 4.69) is 35.8 Å². The Labute approximate surface area is 271 Å². The van der Waals surface area contributed by atoms with Crippen LogP contribution in [0.25, 0.3) is 21.8 Å². The number of anilines is 2. The van der Waals surface area contributed by atoms with E-state index in [-0.39, 0.29) is 12.4 Å². The van der Waals surface area contributed by atoms with Crippen LogP contribution in [0.1, 0.15) is 86.7 Å². The molecule has 4 nitrogen and oxygen atoms in total. The van der Waals surface area contributed by atoms with Gasteiger partial charge in [0.2, 0.25) is 0 Å². The molecule has 3 aliphatic rings. The molecule has 7 rings (SSSR count). The van der Waals surface area contributed by atoms with Crippen LogP contribution in [0.5, 0.6) is 0 Å². The van der Waals surface area contributed by atoms with Crippen molar-refractivity contribution in [3.8, 4) is 0 Å². The SMILES string of the molecule is CC1=CC2Cc3nc4cc(Cl)ccc4c(NCCCCCCNc4c5c(nc6cc(Cl)ccc46)CCCC5)c3C(C1)C2.Cl. The van der Waals surface area contributed by atoms with E-state index in [1.54, 1.807) is 0 Å². The Kier molecular flexibility index (Phi) is 9.38. The Morgan fingerprint density at radius 3 is 2.12 bits per heavy atom. The van der Waals surface area contributed by atoms with E-state index in [0.717, 1.165) is 72.7 Å². The van der Waals surface area contributed by atoms with Crippen LogP contribution in [-0.4, -0.2) is 23.1 Å². The third-order valence-electron chi connectivity index (χ3n) is 9.54. The summed E-state index contributed by atoms with van der Waals surface area (Å²) in [6, 6.07) is 12.3. The number of aryl methyl sites for hydroxylation is 1. The summed E-state index contributed by atoms with van der Waals surface area (Å²) in [5, 5.41) is 11.6. The average Bonchev–Trinajstić information content (AvgIpc) is 2.96. The number of benzene rings is 2. The van der Waals surface area contributed by atoms with E-state index < -0.39 is 0 Å². The largest absolute Gasteiger partial charge is 0.384 e. The fraction of sp³-hybridized carbons (Fsp3) is 0.444. The van der Waals surface area contributed by atoms with E-state index in [0.29, 0.717) is 11.8 Å². The molecule has 2 N–H and O–H groups in total. The number of unbranched alkanes of at least 4 members (excludes halogenated alkanes) is 3. The van der Waals surface area contributed by atoms with Gasteiger partial charge in [0.25, 0.3) is 0 Å². The first-order valence-electron chi connectivity index (χ1n) is 15.9. The van der Waals surface area contributed by atoms with E-state index in [4.69, 9.17) is 33.2 Å². The molecule has 226 valence electrons. The maximum Gasteiger partial charge on any atom is 0.0741 e. The van der Waals surface area contributed by atoms with Crippen molar-refractivity contribution in [1.29, 1.82) is 0 Å². The van der Waals surface area contributed by atoms with Crippen molar-refractivity contribution in [1.82, 2.24) is 9.97 Å². The normalized spacial score (nSPS) is 18.9. The van der Waals surface area contributed by atoms with E-state index in [1.807, 2.05) is 24.3 Å². The molecule has 0 spiro atoms. The van der Waals surface area contributed by atoms with Gasteiger partial charge in [0.15, 0.2) is 0 Å². The summed E-state index contributed by atoms with van der Waals surface area (Å²) >= 11 is 12.7. The molecule has 2 unspecified atom stereocenters. The summed E-state index contributed by atoms with van der Waals surface area (Å²) in [6.45, 7) is 4.26. The van der Waals surface area contributed by atoms with Gasteiger partial charge in [0.05, 0.1) is 11.0 Å². The minimum Gasteiger partial charge on any atom is -0.384 e. The van der Waals surface area contributed by atoms with Crippen LogP contribution in [0, 0.1) is 5.92 Å². The summed E-state index contributed by atoms with van der Waals surface area (Å²) in [7, 11) is 0. The predicted molar refractivity (Wildman–Crippen MR) is 186 cm³/mol. The van der Waals surface area contributed by atoms with E-state index in [9.17, 15) is 0 Å². The highest BCUT2D eigenvalue weighted by atomic mass is 35.5. The Bertz CT molecular complexity index is 1680. The van der Waals surface area contributed by atoms with E-state index in [1.165, 1.54) is 82.3 Å². The second kappa shape index (κ2) is 13.2. The number of nitrogens with one attached hydrogen (secondary N) is 2. The number of halogens is 3. The van der Waals surface area contributed by atoms with Gasteiger partial charge in [-0.25, -0.2) is 0 Å². The fourth-order valence-electron chi connectivity index (χ4n) is 7.71. The second-order valence-corrected chi connectivity index (χ2v) is 13.5. The molecule has 2 bridgehead atoms. The number of nitrogens with zero attached hydrogens (tertiary/aromatic N) is 2. The molecule has 0 saturated carbocycles. The quantitative estimate of drug-likeness (QED) is 0.142. The summed E-state index contributed by atoms with van der Waals surface area (Å²) in [4.78, 5) is 10.1. The Morgan fingerprint density at radius 1 is 0.767 bits per heavy atom. The van der Waals surface area contributed by atoms with Crippen molar-refractivity contribution in [2.75, 3.05) is 23.7 Å². The molecule has 0 amide bonds. The minimum absolute atomic E-state index is 0. The molecule has 4 aromatic rings. The monoisotopic (exact) mass is 634 g/mol. The third-order valence-corrected chi connectivity index (χ3v) is 10.0. The van der Waals surface area contributed by atoms with Gasteiger partial charge in [-0.1, -0.05) is 47.7 Å². The topological polar surface area (TPSA) is 49.8 Å². The number of fused-ring (bicyclic) bond motifs is 7. The molecule has 0 radical (unpaired) electrons. The number of hydrogen-bond acceptors (Lipinski definition) is 4. The highest BCUT2D eigenvalue weighted by Gasteiger charge is 2.33. The van der Waals surface area contributed by atoms with Crippen molar-refractivity contribution < 1.29 is 0 Å². The lowest BCUT2D eigenvalue weighted by molar-refractivity contribution is 0.433. The first kappa shape index (κ1) is 30.5. The lowest BCUT2D eigenvalue weighted by Crippen LogP contribution is -2.24. The van der Waals surface area contributed by atoms with Gasteiger partial charge in [-0.3, -0.25) is 9.97 Å². The highest BCUT2D eigenvalue weighted by molar-refractivity contribution is 6.31. The van der Waals surface area contributed by atoms with Crippen LogP contribution in [0.4, 0.5) is 11.4 Å². The van der Waals surface area contributed by atoms with E-state index >= 15 is 0 Å². The average molecular weight is 636 g/mol. The zero-order valence-electron chi connectivity index (χ0n) is 24.9. The maximum absolute atomic E-state index is 6.38. The van der Waals surface area contributed by atoms with Crippen LogP contribution >= 0.6 is 35.6 Å². The Balaban J connectivity index is 0.00000329. The van der Waals surface area contributed by atoms with Gasteiger partial charge in [-0.15, -0.1) is 12.4 Å². The standard InChI is InChI=1S/C36H40Cl2N4.ClH/c1-22-16-23-18-24(17-22)34-33(19-23)42-32-21-26(38)11-13-29(32)36(34)40-15-7-3-2-6-14-39-35-27-8-4-5-9-30(27)41-31-20-25(37)10-12-28(31)35;/h10-13,16,20-21,23-24H,2-9,14-15,17-19H2,1H3,(H,39,41)(H,40,42);1H. The van der Waals surface area contributed by atoms with Gasteiger partial charge < -0.3 is 10.6 Å². The first-order valence-corrected chi connectivity index (χ1v) is 16.7. The van der Waals surface area contributed by atoms with Crippen LogP contribution in [0.3, 0.4) is 0 Å². The van der Waals surface area contributed by atoms with Gasteiger partial charge in [0, 0.05) is 62.2 Å². The maximum atomic E-state index is 6.38. The molecule has 0 saturated heterocycles. The fourth-order valence-corrected chi connectivity index (χ4v) is 8.04. The summed E-state index contributed by atoms with van der Waals surface area (Å²) in [5.41, 5.74) is 11.6. The summed E-state index contributed by atoms with van der Waals surface area (Å²) in [6.07, 6.45) is 15.3. The summed E-state index contributed by atoms with van der Waals surface area (Å²) in [5.74, 6) is 1.19. The lowest BCUT2D eigenvalue weighted by Gasteiger charge is -2.36. The zero-order chi connectivity index (χ0) is 28.6. The molecule has 2 atom stereocenters. The molecular weight excluding hydrogens is 595 g/mol. The predicted octanol–water partition coefficient (Wildman–Crippen LogP) is 10.5. The molecule has 0 fully saturated rings. The van der Waals surface area contributed by atoms with Crippen molar-refractivity contribution in [2.24, 2.45) is 5.92 Å². The molecule has 2 heterocycles. The molecule has 43 heavy (non-hydrogen) atoms. The van der Waals surface area contributed by atoms with Crippen LogP contribution in [0.2, 0.25) is 10.0 Å². The smallest absolute Gasteiger partial charge is 0.0741 e.